The van der Waals surface area contributed by atoms with E-state index in [1.807, 2.05) is 0 Å². The molecule has 152 valence electrons. The van der Waals surface area contributed by atoms with Crippen LogP contribution >= 0.6 is 12.2 Å². The van der Waals surface area contributed by atoms with Crippen molar-refractivity contribution in [2.24, 2.45) is 34.3 Å². The van der Waals surface area contributed by atoms with Gasteiger partial charge in [0.1, 0.15) is 0 Å². The van der Waals surface area contributed by atoms with Crippen molar-refractivity contribution in [3.05, 3.63) is 35.9 Å². The molecule has 4 saturated carbocycles. The van der Waals surface area contributed by atoms with Gasteiger partial charge in [0, 0.05) is 24.5 Å². The van der Waals surface area contributed by atoms with Crippen molar-refractivity contribution in [3.8, 4) is 0 Å². The maximum absolute atomic E-state index is 14.1. The predicted octanol–water partition coefficient (Wildman–Crippen LogP) is 4.72. The first kappa shape index (κ1) is 19.0. The van der Waals surface area contributed by atoms with Gasteiger partial charge >= 0.3 is 0 Å². The SMILES string of the molecule is CC1(C)CN(C(=S)C23CC4CC(c5ccccc5)(CC2C4CF)C3)CC[C@@H]1N. The fourth-order valence-corrected chi connectivity index (χ4v) is 8.05. The average molecular weight is 401 g/mol. The summed E-state index contributed by atoms with van der Waals surface area (Å²) in [7, 11) is 0. The zero-order valence-corrected chi connectivity index (χ0v) is 18.0. The second kappa shape index (κ2) is 6.25. The van der Waals surface area contributed by atoms with Crippen molar-refractivity contribution in [1.29, 1.82) is 0 Å². The lowest BCUT2D eigenvalue weighted by molar-refractivity contribution is 0.133. The van der Waals surface area contributed by atoms with Crippen LogP contribution in [0.15, 0.2) is 30.3 Å². The molecule has 1 heterocycles. The molecular formula is C24H33FN2S. The van der Waals surface area contributed by atoms with Crippen LogP contribution in [0.2, 0.25) is 0 Å². The maximum Gasteiger partial charge on any atom is 0.0928 e. The van der Waals surface area contributed by atoms with E-state index in [0.717, 1.165) is 50.2 Å². The number of benzene rings is 1. The van der Waals surface area contributed by atoms with Gasteiger partial charge in [-0.05, 0) is 66.3 Å². The fourth-order valence-electron chi connectivity index (χ4n) is 7.58. The summed E-state index contributed by atoms with van der Waals surface area (Å²) >= 11 is 6.24. The van der Waals surface area contributed by atoms with Gasteiger partial charge < -0.3 is 10.6 Å². The molecule has 1 saturated heterocycles. The van der Waals surface area contributed by atoms with Crippen LogP contribution in [0, 0.1) is 28.6 Å². The van der Waals surface area contributed by atoms with Crippen LogP contribution in [0.1, 0.15) is 51.5 Å². The summed E-state index contributed by atoms with van der Waals surface area (Å²) < 4.78 is 14.1. The number of thiocarbonyl (C=S) groups is 1. The normalized spacial score (nSPS) is 43.5. The highest BCUT2D eigenvalue weighted by Crippen LogP contribution is 2.73. The monoisotopic (exact) mass is 400 g/mol. The molecule has 4 aliphatic carbocycles. The van der Waals surface area contributed by atoms with Crippen LogP contribution < -0.4 is 5.73 Å². The number of alkyl halides is 1. The molecule has 0 aromatic heterocycles. The Hall–Kier alpha value is -1.00. The summed E-state index contributed by atoms with van der Waals surface area (Å²) in [6.45, 7) is 6.24. The third-order valence-corrected chi connectivity index (χ3v) is 9.63. The second-order valence-corrected chi connectivity index (χ2v) is 11.3. The lowest BCUT2D eigenvalue weighted by atomic mass is 9.62. The maximum atomic E-state index is 14.1. The molecule has 5 fully saturated rings. The molecular weight excluding hydrogens is 367 g/mol. The van der Waals surface area contributed by atoms with Gasteiger partial charge in [0.2, 0.25) is 0 Å². The van der Waals surface area contributed by atoms with Crippen molar-refractivity contribution in [2.75, 3.05) is 19.8 Å². The minimum atomic E-state index is -0.180. The van der Waals surface area contributed by atoms with Gasteiger partial charge in [-0.15, -0.1) is 0 Å². The molecule has 5 aliphatic rings. The highest BCUT2D eigenvalue weighted by Gasteiger charge is 2.70. The summed E-state index contributed by atoms with van der Waals surface area (Å²) in [6, 6.07) is 11.2. The van der Waals surface area contributed by atoms with E-state index in [1.165, 1.54) is 5.56 Å². The summed E-state index contributed by atoms with van der Waals surface area (Å²) in [4.78, 5) is 3.59. The van der Waals surface area contributed by atoms with Crippen LogP contribution in [-0.4, -0.2) is 35.7 Å². The number of hydrogen-bond acceptors (Lipinski definition) is 2. The van der Waals surface area contributed by atoms with E-state index >= 15 is 0 Å². The largest absolute Gasteiger partial charge is 0.365 e. The molecule has 0 radical (unpaired) electrons. The van der Waals surface area contributed by atoms with E-state index < -0.39 is 0 Å². The number of rotatable bonds is 3. The van der Waals surface area contributed by atoms with Crippen molar-refractivity contribution in [1.82, 2.24) is 4.90 Å². The Bertz CT molecular complexity index is 780. The molecule has 2 nitrogen and oxygen atoms in total. The molecule has 1 aromatic carbocycles. The number of hydrogen-bond donors (Lipinski definition) is 1. The molecule has 1 aliphatic heterocycles. The van der Waals surface area contributed by atoms with Crippen LogP contribution in [0.4, 0.5) is 4.39 Å². The van der Waals surface area contributed by atoms with Crippen molar-refractivity contribution >= 4 is 17.2 Å². The van der Waals surface area contributed by atoms with Gasteiger partial charge in [-0.1, -0.05) is 56.4 Å². The number of nitrogens with two attached hydrogens (primary N) is 1. The average Bonchev–Trinajstić information content (AvgIpc) is 3.06. The second-order valence-electron chi connectivity index (χ2n) is 10.9. The molecule has 4 bridgehead atoms. The van der Waals surface area contributed by atoms with E-state index in [2.05, 4.69) is 49.1 Å². The molecule has 6 atom stereocenters. The summed E-state index contributed by atoms with van der Waals surface area (Å²) in [5.41, 5.74) is 8.13. The third kappa shape index (κ3) is 2.49. The Morgan fingerprint density at radius 2 is 1.96 bits per heavy atom. The minimum Gasteiger partial charge on any atom is -0.365 e. The molecule has 1 aromatic rings. The quantitative estimate of drug-likeness (QED) is 0.745. The molecule has 0 spiro atoms. The summed E-state index contributed by atoms with van der Waals surface area (Å²) in [6.07, 6.45) is 5.46. The van der Waals surface area contributed by atoms with Gasteiger partial charge in [-0.2, -0.15) is 0 Å². The number of halogens is 1. The van der Waals surface area contributed by atoms with Gasteiger partial charge in [0.25, 0.3) is 0 Å². The summed E-state index contributed by atoms with van der Waals surface area (Å²) in [5.74, 6) is 1.09. The van der Waals surface area contributed by atoms with Crippen molar-refractivity contribution < 1.29 is 4.39 Å². The fraction of sp³-hybridized carbons (Fsp3) is 0.708. The Kier molecular flexibility index (Phi) is 4.24. The topological polar surface area (TPSA) is 29.3 Å². The predicted molar refractivity (Wildman–Crippen MR) is 116 cm³/mol. The van der Waals surface area contributed by atoms with Gasteiger partial charge in [-0.3, -0.25) is 4.39 Å². The van der Waals surface area contributed by atoms with Gasteiger partial charge in [0.05, 0.1) is 11.7 Å². The first-order valence-corrected chi connectivity index (χ1v) is 11.4. The Labute approximate surface area is 174 Å². The Balaban J connectivity index is 1.50. The highest BCUT2D eigenvalue weighted by atomic mass is 32.1. The standard InChI is InChI=1S/C24H33FN2S/c1-22(2)15-27(9-8-20(22)26)21(28)24-11-16-10-23(14-24,12-19(24)18(16)13-25)17-6-4-3-5-7-17/h3-7,16,18-20H,8-15,26H2,1-2H3/t16?,18?,19?,20-,23?,24?/m0/s1. The Morgan fingerprint density at radius 3 is 2.64 bits per heavy atom. The van der Waals surface area contributed by atoms with Crippen molar-refractivity contribution in [2.45, 2.75) is 57.4 Å². The lowest BCUT2D eigenvalue weighted by Gasteiger charge is -2.49. The highest BCUT2D eigenvalue weighted by molar-refractivity contribution is 7.80. The third-order valence-electron chi connectivity index (χ3n) is 8.97. The lowest BCUT2D eigenvalue weighted by Crippen LogP contribution is -2.56. The zero-order valence-electron chi connectivity index (χ0n) is 17.2. The zero-order chi connectivity index (χ0) is 19.7. The number of nitrogens with zero attached hydrogens (tertiary/aromatic N) is 1. The molecule has 0 amide bonds. The molecule has 4 heteroatoms. The Morgan fingerprint density at radius 1 is 1.21 bits per heavy atom. The molecule has 2 N–H and O–H groups in total. The van der Waals surface area contributed by atoms with Crippen LogP contribution in [-0.2, 0) is 5.41 Å². The first-order chi connectivity index (χ1) is 13.3. The van der Waals surface area contributed by atoms with Crippen LogP contribution in [0.25, 0.3) is 0 Å². The minimum absolute atomic E-state index is 0.0162. The molecule has 28 heavy (non-hydrogen) atoms. The van der Waals surface area contributed by atoms with E-state index in [1.54, 1.807) is 0 Å². The van der Waals surface area contributed by atoms with E-state index in [9.17, 15) is 4.39 Å². The van der Waals surface area contributed by atoms with E-state index in [0.29, 0.717) is 11.8 Å². The van der Waals surface area contributed by atoms with Crippen LogP contribution in [0.5, 0.6) is 0 Å². The van der Waals surface area contributed by atoms with E-state index in [4.69, 9.17) is 18.0 Å². The first-order valence-electron chi connectivity index (χ1n) is 11.0. The smallest absolute Gasteiger partial charge is 0.0928 e. The molecule has 5 unspecified atom stereocenters. The van der Waals surface area contributed by atoms with Gasteiger partial charge in [0.15, 0.2) is 0 Å². The van der Waals surface area contributed by atoms with Crippen molar-refractivity contribution in [3.63, 3.8) is 0 Å². The number of likely N-dealkylation sites (tertiary alicyclic amines) is 1. The van der Waals surface area contributed by atoms with Crippen LogP contribution in [0.3, 0.4) is 0 Å². The van der Waals surface area contributed by atoms with Gasteiger partial charge in [-0.25, -0.2) is 0 Å². The molecule has 6 rings (SSSR count). The number of piperidine rings is 1. The summed E-state index contributed by atoms with van der Waals surface area (Å²) in [5, 5.41) is 0. The van der Waals surface area contributed by atoms with E-state index in [-0.39, 0.29) is 34.9 Å².